The molecule has 0 fully saturated rings. The summed E-state index contributed by atoms with van der Waals surface area (Å²) in [4.78, 5) is 0. The molecule has 0 bridgehead atoms. The summed E-state index contributed by atoms with van der Waals surface area (Å²) in [6.07, 6.45) is 0.992. The van der Waals surface area contributed by atoms with Crippen molar-refractivity contribution < 1.29 is 14.6 Å². The van der Waals surface area contributed by atoms with E-state index in [-0.39, 0.29) is 0 Å². The minimum absolute atomic E-state index is 0.494. The maximum absolute atomic E-state index is 10.0. The van der Waals surface area contributed by atoms with Gasteiger partial charge in [0.25, 0.3) is 0 Å². The van der Waals surface area contributed by atoms with E-state index in [1.54, 1.807) is 20.3 Å². The number of hydrogen-bond donors (Lipinski definition) is 1. The second kappa shape index (κ2) is 6.30. The summed E-state index contributed by atoms with van der Waals surface area (Å²) in [6, 6.07) is 5.46. The lowest BCUT2D eigenvalue weighted by atomic mass is 10.0. The highest BCUT2D eigenvalue weighted by molar-refractivity contribution is 5.43. The van der Waals surface area contributed by atoms with Crippen molar-refractivity contribution in [2.24, 2.45) is 0 Å². The molecule has 3 nitrogen and oxygen atoms in total. The van der Waals surface area contributed by atoms with E-state index in [1.165, 1.54) is 0 Å². The van der Waals surface area contributed by atoms with Crippen molar-refractivity contribution in [3.8, 4) is 11.5 Å². The van der Waals surface area contributed by atoms with Gasteiger partial charge in [-0.1, -0.05) is 11.6 Å². The number of allylic oxidation sites excluding steroid dienone is 1. The van der Waals surface area contributed by atoms with Crippen LogP contribution in [0, 0.1) is 0 Å². The molecule has 0 aliphatic rings. The van der Waals surface area contributed by atoms with E-state index in [0.29, 0.717) is 17.9 Å². The maximum atomic E-state index is 10.0. The summed E-state index contributed by atoms with van der Waals surface area (Å²) >= 11 is 0. The molecule has 0 saturated carbocycles. The van der Waals surface area contributed by atoms with Crippen LogP contribution in [0.15, 0.2) is 30.4 Å². The van der Waals surface area contributed by atoms with Crippen LogP contribution < -0.4 is 9.47 Å². The lowest BCUT2D eigenvalue weighted by Gasteiger charge is -2.14. The first kappa shape index (κ1) is 13.6. The Kier molecular flexibility index (Phi) is 5.04. The van der Waals surface area contributed by atoms with Crippen molar-refractivity contribution in [1.29, 1.82) is 0 Å². The third-order valence-electron chi connectivity index (χ3n) is 2.64. The van der Waals surface area contributed by atoms with Gasteiger partial charge in [0.1, 0.15) is 0 Å². The van der Waals surface area contributed by atoms with Gasteiger partial charge in [-0.05, 0) is 37.5 Å². The summed E-state index contributed by atoms with van der Waals surface area (Å²) in [6.45, 7) is 5.79. The second-order valence-electron chi connectivity index (χ2n) is 4.13. The Morgan fingerprint density at radius 2 is 1.94 bits per heavy atom. The number of methoxy groups -OCH3 is 2. The van der Waals surface area contributed by atoms with E-state index < -0.39 is 6.10 Å². The molecule has 1 N–H and O–H groups in total. The summed E-state index contributed by atoms with van der Waals surface area (Å²) in [7, 11) is 3.18. The van der Waals surface area contributed by atoms with Crippen molar-refractivity contribution in [1.82, 2.24) is 0 Å². The summed E-state index contributed by atoms with van der Waals surface area (Å²) in [5.41, 5.74) is 1.91. The van der Waals surface area contributed by atoms with Gasteiger partial charge in [-0.15, -0.1) is 6.58 Å². The van der Waals surface area contributed by atoms with Gasteiger partial charge in [0.15, 0.2) is 11.5 Å². The fourth-order valence-corrected chi connectivity index (χ4v) is 1.61. The van der Waals surface area contributed by atoms with Crippen molar-refractivity contribution >= 4 is 0 Å². The Morgan fingerprint density at radius 3 is 2.47 bits per heavy atom. The van der Waals surface area contributed by atoms with E-state index in [0.717, 1.165) is 17.6 Å². The molecular formula is C14H20O3. The van der Waals surface area contributed by atoms with Gasteiger partial charge in [-0.25, -0.2) is 0 Å². The molecule has 0 aromatic heterocycles. The molecule has 1 aromatic rings. The minimum Gasteiger partial charge on any atom is -0.493 e. The standard InChI is InChI=1S/C14H20O3/c1-10(2)5-7-12(15)11-6-8-13(16-3)14(9-11)17-4/h6,8-9,12,15H,1,5,7H2,2-4H3. The smallest absolute Gasteiger partial charge is 0.161 e. The lowest BCUT2D eigenvalue weighted by Crippen LogP contribution is -1.99. The number of rotatable bonds is 6. The number of ether oxygens (including phenoxy) is 2. The normalized spacial score (nSPS) is 12.0. The SMILES string of the molecule is C=C(C)CCC(O)c1ccc(OC)c(OC)c1. The van der Waals surface area contributed by atoms with Crippen LogP contribution in [0.3, 0.4) is 0 Å². The molecule has 1 rings (SSSR count). The quantitative estimate of drug-likeness (QED) is 0.771. The Bertz CT molecular complexity index is 385. The van der Waals surface area contributed by atoms with Crippen molar-refractivity contribution in [2.45, 2.75) is 25.9 Å². The largest absolute Gasteiger partial charge is 0.493 e. The third kappa shape index (κ3) is 3.79. The van der Waals surface area contributed by atoms with E-state index in [2.05, 4.69) is 6.58 Å². The highest BCUT2D eigenvalue weighted by Crippen LogP contribution is 2.31. The monoisotopic (exact) mass is 236 g/mol. The van der Waals surface area contributed by atoms with Crippen molar-refractivity contribution in [3.63, 3.8) is 0 Å². The molecule has 17 heavy (non-hydrogen) atoms. The van der Waals surface area contributed by atoms with Crippen LogP contribution >= 0.6 is 0 Å². The average Bonchev–Trinajstić information content (AvgIpc) is 2.34. The first-order valence-electron chi connectivity index (χ1n) is 5.63. The average molecular weight is 236 g/mol. The highest BCUT2D eigenvalue weighted by atomic mass is 16.5. The van der Waals surface area contributed by atoms with Gasteiger partial charge in [-0.2, -0.15) is 0 Å². The van der Waals surface area contributed by atoms with Crippen LogP contribution in [0.25, 0.3) is 0 Å². The van der Waals surface area contributed by atoms with Crippen molar-refractivity contribution in [3.05, 3.63) is 35.9 Å². The molecule has 0 amide bonds. The molecule has 1 unspecified atom stereocenters. The zero-order chi connectivity index (χ0) is 12.8. The van der Waals surface area contributed by atoms with Crippen LogP contribution in [-0.2, 0) is 0 Å². The van der Waals surface area contributed by atoms with Crippen LogP contribution in [0.4, 0.5) is 0 Å². The molecule has 1 atom stereocenters. The van der Waals surface area contributed by atoms with E-state index in [9.17, 15) is 5.11 Å². The molecule has 0 spiro atoms. The Labute approximate surface area is 103 Å². The molecule has 0 saturated heterocycles. The predicted octanol–water partition coefficient (Wildman–Crippen LogP) is 3.09. The van der Waals surface area contributed by atoms with E-state index in [1.807, 2.05) is 19.1 Å². The van der Waals surface area contributed by atoms with Gasteiger partial charge in [0.05, 0.1) is 20.3 Å². The Hall–Kier alpha value is -1.48. The number of aliphatic hydroxyl groups excluding tert-OH is 1. The minimum atomic E-state index is -0.494. The molecule has 0 aliphatic heterocycles. The molecule has 3 heteroatoms. The van der Waals surface area contributed by atoms with Gasteiger partial charge in [0.2, 0.25) is 0 Å². The number of hydrogen-bond acceptors (Lipinski definition) is 3. The molecule has 0 radical (unpaired) electrons. The predicted molar refractivity (Wildman–Crippen MR) is 68.6 cm³/mol. The number of aliphatic hydroxyl groups is 1. The van der Waals surface area contributed by atoms with Gasteiger partial charge in [0, 0.05) is 0 Å². The van der Waals surface area contributed by atoms with Gasteiger partial charge in [-0.3, -0.25) is 0 Å². The fourth-order valence-electron chi connectivity index (χ4n) is 1.61. The second-order valence-corrected chi connectivity index (χ2v) is 4.13. The lowest BCUT2D eigenvalue weighted by molar-refractivity contribution is 0.167. The molecule has 0 heterocycles. The van der Waals surface area contributed by atoms with Crippen molar-refractivity contribution in [2.75, 3.05) is 14.2 Å². The summed E-state index contributed by atoms with van der Waals surface area (Å²) < 4.78 is 10.3. The highest BCUT2D eigenvalue weighted by Gasteiger charge is 2.11. The summed E-state index contributed by atoms with van der Waals surface area (Å²) in [5, 5.41) is 10.0. The van der Waals surface area contributed by atoms with Gasteiger partial charge >= 0.3 is 0 Å². The Balaban J connectivity index is 2.80. The van der Waals surface area contributed by atoms with Crippen LogP contribution in [0.5, 0.6) is 11.5 Å². The summed E-state index contributed by atoms with van der Waals surface area (Å²) in [5.74, 6) is 1.31. The Morgan fingerprint density at radius 1 is 1.29 bits per heavy atom. The van der Waals surface area contributed by atoms with Gasteiger partial charge < -0.3 is 14.6 Å². The first-order valence-corrected chi connectivity index (χ1v) is 5.63. The topological polar surface area (TPSA) is 38.7 Å². The maximum Gasteiger partial charge on any atom is 0.161 e. The van der Waals surface area contributed by atoms with E-state index >= 15 is 0 Å². The van der Waals surface area contributed by atoms with Crippen LogP contribution in [-0.4, -0.2) is 19.3 Å². The zero-order valence-corrected chi connectivity index (χ0v) is 10.7. The molecular weight excluding hydrogens is 216 g/mol. The molecule has 1 aromatic carbocycles. The first-order chi connectivity index (χ1) is 8.08. The third-order valence-corrected chi connectivity index (χ3v) is 2.64. The van der Waals surface area contributed by atoms with E-state index in [4.69, 9.17) is 9.47 Å². The van der Waals surface area contributed by atoms with Crippen LogP contribution in [0.2, 0.25) is 0 Å². The van der Waals surface area contributed by atoms with Crippen LogP contribution in [0.1, 0.15) is 31.4 Å². The molecule has 94 valence electrons. The fraction of sp³-hybridized carbons (Fsp3) is 0.429. The molecule has 0 aliphatic carbocycles. The zero-order valence-electron chi connectivity index (χ0n) is 10.7. The number of benzene rings is 1.